The first kappa shape index (κ1) is 16.5. The number of carbonyl (C=O) groups is 1. The third-order valence-corrected chi connectivity index (χ3v) is 3.37. The van der Waals surface area contributed by atoms with E-state index in [1.54, 1.807) is 0 Å². The van der Waals surface area contributed by atoms with E-state index in [-0.39, 0.29) is 5.91 Å². The number of hydrogen-bond donors (Lipinski definition) is 2. The summed E-state index contributed by atoms with van der Waals surface area (Å²) in [5.74, 6) is 0.0339. The van der Waals surface area contributed by atoms with E-state index in [0.717, 1.165) is 42.7 Å². The number of nitrogens with one attached hydrogen (secondary N) is 2. The van der Waals surface area contributed by atoms with Crippen molar-refractivity contribution >= 4 is 11.6 Å². The van der Waals surface area contributed by atoms with E-state index in [0.29, 0.717) is 0 Å². The Bertz CT molecular complexity index is 415. The van der Waals surface area contributed by atoms with Crippen LogP contribution < -0.4 is 10.6 Å². The second kappa shape index (κ2) is 9.40. The number of anilines is 1. The number of rotatable bonds is 9. The van der Waals surface area contributed by atoms with Gasteiger partial charge in [0.05, 0.1) is 0 Å². The molecule has 0 unspecified atom stereocenters. The molecule has 1 amide bonds. The molecule has 1 aromatic carbocycles. The van der Waals surface area contributed by atoms with Crippen LogP contribution >= 0.6 is 0 Å². The Hall–Kier alpha value is -1.51. The van der Waals surface area contributed by atoms with Gasteiger partial charge in [0.2, 0.25) is 0 Å². The minimum absolute atomic E-state index is 0.0339. The van der Waals surface area contributed by atoms with Gasteiger partial charge < -0.3 is 10.6 Å². The molecule has 0 saturated carbocycles. The van der Waals surface area contributed by atoms with Gasteiger partial charge in [0.1, 0.15) is 0 Å². The molecule has 0 aliphatic carbocycles. The zero-order valence-corrected chi connectivity index (χ0v) is 13.1. The third-order valence-electron chi connectivity index (χ3n) is 3.37. The van der Waals surface area contributed by atoms with Crippen LogP contribution in [0.1, 0.15) is 61.9 Å². The first-order valence-electron chi connectivity index (χ1n) is 7.81. The molecule has 0 aliphatic rings. The monoisotopic (exact) mass is 276 g/mol. The van der Waals surface area contributed by atoms with Crippen LogP contribution in [-0.4, -0.2) is 19.0 Å². The van der Waals surface area contributed by atoms with Crippen molar-refractivity contribution in [2.24, 2.45) is 0 Å². The van der Waals surface area contributed by atoms with Gasteiger partial charge >= 0.3 is 0 Å². The Kier molecular flexibility index (Phi) is 7.78. The minimum atomic E-state index is 0.0339. The van der Waals surface area contributed by atoms with Gasteiger partial charge in [0, 0.05) is 24.3 Å². The van der Waals surface area contributed by atoms with Gasteiger partial charge in [0.25, 0.3) is 5.91 Å². The fraction of sp³-hybridized carbons (Fsp3) is 0.588. The summed E-state index contributed by atoms with van der Waals surface area (Å²) in [5.41, 5.74) is 2.99. The quantitative estimate of drug-likeness (QED) is 0.666. The van der Waals surface area contributed by atoms with E-state index in [2.05, 4.69) is 24.5 Å². The number of aryl methyl sites for hydroxylation is 1. The van der Waals surface area contributed by atoms with Gasteiger partial charge in [-0.2, -0.15) is 0 Å². The van der Waals surface area contributed by atoms with Gasteiger partial charge in [-0.25, -0.2) is 0 Å². The molecular weight excluding hydrogens is 248 g/mol. The predicted octanol–water partition coefficient (Wildman–Crippen LogP) is 4.13. The molecule has 1 aromatic rings. The molecule has 0 fully saturated rings. The highest BCUT2D eigenvalue weighted by atomic mass is 16.1. The second-order valence-corrected chi connectivity index (χ2v) is 5.27. The first-order valence-corrected chi connectivity index (χ1v) is 7.81. The van der Waals surface area contributed by atoms with Crippen LogP contribution in [0.25, 0.3) is 0 Å². The summed E-state index contributed by atoms with van der Waals surface area (Å²) >= 11 is 0. The zero-order chi connectivity index (χ0) is 14.8. The largest absolute Gasteiger partial charge is 0.385 e. The maximum Gasteiger partial charge on any atom is 0.251 e. The molecule has 0 heterocycles. The van der Waals surface area contributed by atoms with Crippen molar-refractivity contribution < 1.29 is 4.79 Å². The molecular formula is C17H28N2O. The van der Waals surface area contributed by atoms with Crippen LogP contribution in [0.3, 0.4) is 0 Å². The van der Waals surface area contributed by atoms with Gasteiger partial charge in [-0.15, -0.1) is 0 Å². The molecule has 3 heteroatoms. The molecule has 1 rings (SSSR count). The molecule has 0 spiro atoms. The summed E-state index contributed by atoms with van der Waals surface area (Å²) in [5, 5.41) is 6.35. The fourth-order valence-corrected chi connectivity index (χ4v) is 2.12. The van der Waals surface area contributed by atoms with Crippen molar-refractivity contribution in [1.82, 2.24) is 5.32 Å². The van der Waals surface area contributed by atoms with Crippen LogP contribution in [0.5, 0.6) is 0 Å². The highest BCUT2D eigenvalue weighted by Crippen LogP contribution is 2.16. The lowest BCUT2D eigenvalue weighted by molar-refractivity contribution is 0.0953. The normalized spacial score (nSPS) is 10.3. The molecule has 0 saturated heterocycles. The van der Waals surface area contributed by atoms with E-state index >= 15 is 0 Å². The number of benzene rings is 1. The molecule has 20 heavy (non-hydrogen) atoms. The minimum Gasteiger partial charge on any atom is -0.385 e. The Balaban J connectivity index is 2.46. The van der Waals surface area contributed by atoms with Crippen LogP contribution in [0.15, 0.2) is 18.2 Å². The maximum absolute atomic E-state index is 12.0. The molecule has 0 aliphatic heterocycles. The lowest BCUT2D eigenvalue weighted by Gasteiger charge is -2.10. The molecule has 0 atom stereocenters. The number of amides is 1. The maximum atomic E-state index is 12.0. The Morgan fingerprint density at radius 3 is 2.50 bits per heavy atom. The van der Waals surface area contributed by atoms with E-state index in [4.69, 9.17) is 0 Å². The summed E-state index contributed by atoms with van der Waals surface area (Å²) < 4.78 is 0. The average molecular weight is 276 g/mol. The Labute approximate surface area is 123 Å². The summed E-state index contributed by atoms with van der Waals surface area (Å²) in [6.45, 7) is 8.10. The molecule has 0 bridgehead atoms. The number of unbranched alkanes of at least 4 members (excludes halogenated alkanes) is 3. The standard InChI is InChI=1S/C17H28N2O/c1-4-6-7-8-12-19-17(20)15-9-10-16(14(3)13-15)18-11-5-2/h9-10,13,18H,4-8,11-12H2,1-3H3,(H,19,20). The fourth-order valence-electron chi connectivity index (χ4n) is 2.12. The summed E-state index contributed by atoms with van der Waals surface area (Å²) in [6, 6.07) is 5.85. The van der Waals surface area contributed by atoms with Crippen LogP contribution in [0, 0.1) is 6.92 Å². The van der Waals surface area contributed by atoms with Crippen molar-refractivity contribution in [3.05, 3.63) is 29.3 Å². The third kappa shape index (κ3) is 5.64. The smallest absolute Gasteiger partial charge is 0.251 e. The molecule has 2 N–H and O–H groups in total. The topological polar surface area (TPSA) is 41.1 Å². The van der Waals surface area contributed by atoms with Crippen molar-refractivity contribution in [3.63, 3.8) is 0 Å². The van der Waals surface area contributed by atoms with Crippen molar-refractivity contribution in [3.8, 4) is 0 Å². The molecule has 3 nitrogen and oxygen atoms in total. The van der Waals surface area contributed by atoms with Crippen LogP contribution in [0.4, 0.5) is 5.69 Å². The van der Waals surface area contributed by atoms with Crippen LogP contribution in [0.2, 0.25) is 0 Å². The SMILES string of the molecule is CCCCCCNC(=O)c1ccc(NCCC)c(C)c1. The van der Waals surface area contributed by atoms with E-state index < -0.39 is 0 Å². The van der Waals surface area contributed by atoms with E-state index in [9.17, 15) is 4.79 Å². The summed E-state index contributed by atoms with van der Waals surface area (Å²) in [4.78, 5) is 12.0. The van der Waals surface area contributed by atoms with Gasteiger partial charge in [0.15, 0.2) is 0 Å². The highest BCUT2D eigenvalue weighted by molar-refractivity contribution is 5.94. The number of hydrogen-bond acceptors (Lipinski definition) is 2. The molecule has 0 aromatic heterocycles. The second-order valence-electron chi connectivity index (χ2n) is 5.27. The molecule has 0 radical (unpaired) electrons. The van der Waals surface area contributed by atoms with Gasteiger partial charge in [-0.3, -0.25) is 4.79 Å². The van der Waals surface area contributed by atoms with Crippen molar-refractivity contribution in [2.75, 3.05) is 18.4 Å². The summed E-state index contributed by atoms with van der Waals surface area (Å²) in [7, 11) is 0. The Morgan fingerprint density at radius 2 is 1.85 bits per heavy atom. The van der Waals surface area contributed by atoms with Gasteiger partial charge in [-0.1, -0.05) is 33.1 Å². The zero-order valence-electron chi connectivity index (χ0n) is 13.1. The average Bonchev–Trinajstić information content (AvgIpc) is 2.45. The van der Waals surface area contributed by atoms with E-state index in [1.165, 1.54) is 19.3 Å². The van der Waals surface area contributed by atoms with Gasteiger partial charge in [-0.05, 0) is 43.5 Å². The molecule has 112 valence electrons. The Morgan fingerprint density at radius 1 is 1.05 bits per heavy atom. The first-order chi connectivity index (χ1) is 9.69. The van der Waals surface area contributed by atoms with Crippen LogP contribution in [-0.2, 0) is 0 Å². The highest BCUT2D eigenvalue weighted by Gasteiger charge is 2.06. The summed E-state index contributed by atoms with van der Waals surface area (Å²) in [6.07, 6.45) is 5.82. The lowest BCUT2D eigenvalue weighted by Crippen LogP contribution is -2.24. The van der Waals surface area contributed by atoms with Crippen molar-refractivity contribution in [1.29, 1.82) is 0 Å². The lowest BCUT2D eigenvalue weighted by atomic mass is 10.1. The van der Waals surface area contributed by atoms with Crippen molar-refractivity contribution in [2.45, 2.75) is 52.9 Å². The van der Waals surface area contributed by atoms with E-state index in [1.807, 2.05) is 25.1 Å². The predicted molar refractivity (Wildman–Crippen MR) is 86.4 cm³/mol. The number of carbonyl (C=O) groups excluding carboxylic acids is 1.